The molecule has 0 bridgehead atoms. The van der Waals surface area contributed by atoms with E-state index in [-0.39, 0.29) is 6.85 Å². The molecule has 200 valence electrons. The van der Waals surface area contributed by atoms with Crippen LogP contribution in [-0.2, 0) is 0 Å². The average molecular weight is 574 g/mol. The van der Waals surface area contributed by atoms with E-state index < -0.39 is 0 Å². The molecule has 6 aromatic carbocycles. The zero-order valence-corrected chi connectivity index (χ0v) is 24.1. The van der Waals surface area contributed by atoms with Crippen molar-refractivity contribution in [2.75, 3.05) is 0 Å². The van der Waals surface area contributed by atoms with Crippen molar-refractivity contribution in [3.8, 4) is 17.8 Å². The number of para-hydroxylation sites is 4. The van der Waals surface area contributed by atoms with Crippen LogP contribution in [0.15, 0.2) is 115 Å². The Labute approximate surface area is 255 Å². The second kappa shape index (κ2) is 8.39. The van der Waals surface area contributed by atoms with Crippen molar-refractivity contribution >= 4 is 92.9 Å². The molecule has 4 nitrogen and oxygen atoms in total. The van der Waals surface area contributed by atoms with E-state index in [1.165, 1.54) is 42.0 Å². The molecule has 0 spiro atoms. The van der Waals surface area contributed by atoms with Crippen molar-refractivity contribution in [2.45, 2.75) is 0 Å². The fraction of sp³-hybridized carbons (Fsp3) is 0. The second-order valence-electron chi connectivity index (χ2n) is 11.5. The first-order valence-electron chi connectivity index (χ1n) is 14.6. The van der Waals surface area contributed by atoms with Gasteiger partial charge in [-0.15, -0.1) is 11.3 Å². The number of hydrogen-bond donors (Lipinski definition) is 0. The third-order valence-corrected chi connectivity index (χ3v) is 10.6. The quantitative estimate of drug-likeness (QED) is 0.187. The lowest BCUT2D eigenvalue weighted by molar-refractivity contribution is 1.18. The summed E-state index contributed by atoms with van der Waals surface area (Å²) >= 11 is 1.86. The smallest absolute Gasteiger partial charge is 0.332 e. The van der Waals surface area contributed by atoms with Crippen LogP contribution in [0.5, 0.6) is 0 Å². The Kier molecular flexibility index (Phi) is 4.52. The molecular weight excluding hydrogens is 555 g/mol. The summed E-state index contributed by atoms with van der Waals surface area (Å²) in [5, 5.41) is 27.7. The largest absolute Gasteiger partial charge is 0.374 e. The Morgan fingerprint density at radius 2 is 1.18 bits per heavy atom. The first-order valence-corrected chi connectivity index (χ1v) is 15.4. The number of fused-ring (bicyclic) bond motifs is 12. The molecule has 0 N–H and O–H groups in total. The van der Waals surface area contributed by atoms with E-state index in [9.17, 15) is 10.5 Å². The number of hydrogen-bond acceptors (Lipinski definition) is 3. The van der Waals surface area contributed by atoms with Crippen LogP contribution in [0.25, 0.3) is 69.5 Å². The summed E-state index contributed by atoms with van der Waals surface area (Å²) in [5.41, 5.74) is 8.71. The molecular formula is C38H19BN4S. The van der Waals surface area contributed by atoms with Crippen molar-refractivity contribution in [3.05, 3.63) is 126 Å². The molecule has 3 aromatic heterocycles. The Morgan fingerprint density at radius 3 is 1.95 bits per heavy atom. The molecule has 10 rings (SSSR count). The van der Waals surface area contributed by atoms with Crippen molar-refractivity contribution in [1.82, 2.24) is 9.05 Å². The van der Waals surface area contributed by atoms with Crippen LogP contribution < -0.4 is 10.9 Å². The third-order valence-electron chi connectivity index (χ3n) is 9.44. The van der Waals surface area contributed by atoms with E-state index in [2.05, 4.69) is 112 Å². The number of aromatic nitrogens is 2. The van der Waals surface area contributed by atoms with Gasteiger partial charge in [0.05, 0.1) is 33.2 Å². The zero-order valence-electron chi connectivity index (χ0n) is 23.2. The fourth-order valence-corrected chi connectivity index (χ4v) is 9.05. The van der Waals surface area contributed by atoms with Gasteiger partial charge < -0.3 is 9.05 Å². The summed E-state index contributed by atoms with van der Waals surface area (Å²) < 4.78 is 7.29. The van der Waals surface area contributed by atoms with Gasteiger partial charge in [0.15, 0.2) is 0 Å². The minimum atomic E-state index is -0.242. The normalized spacial score (nSPS) is 12.5. The van der Waals surface area contributed by atoms with Crippen LogP contribution in [0.1, 0.15) is 11.1 Å². The zero-order chi connectivity index (χ0) is 29.1. The van der Waals surface area contributed by atoms with Crippen LogP contribution in [0, 0.1) is 22.7 Å². The third kappa shape index (κ3) is 2.77. The maximum absolute atomic E-state index is 10.3. The van der Waals surface area contributed by atoms with Crippen molar-refractivity contribution < 1.29 is 0 Å². The van der Waals surface area contributed by atoms with Gasteiger partial charge in [0, 0.05) is 47.4 Å². The maximum atomic E-state index is 10.3. The molecule has 4 heterocycles. The summed E-state index contributed by atoms with van der Waals surface area (Å²) in [6.07, 6.45) is 0. The maximum Gasteiger partial charge on any atom is 0.332 e. The molecule has 6 heteroatoms. The van der Waals surface area contributed by atoms with Crippen molar-refractivity contribution in [1.29, 1.82) is 10.5 Å². The summed E-state index contributed by atoms with van der Waals surface area (Å²) in [4.78, 5) is 0. The number of rotatable bonds is 1. The molecule has 1 aliphatic heterocycles. The highest BCUT2D eigenvalue weighted by Gasteiger charge is 2.37. The van der Waals surface area contributed by atoms with E-state index in [1.807, 2.05) is 35.6 Å². The average Bonchev–Trinajstić information content (AvgIpc) is 3.74. The lowest BCUT2D eigenvalue weighted by atomic mass is 9.48. The highest BCUT2D eigenvalue weighted by Crippen LogP contribution is 2.44. The van der Waals surface area contributed by atoms with Gasteiger partial charge in [0.1, 0.15) is 12.1 Å². The first kappa shape index (κ1) is 23.7. The van der Waals surface area contributed by atoms with Crippen LogP contribution >= 0.6 is 11.3 Å². The Hall–Kier alpha value is -5.82. The monoisotopic (exact) mass is 574 g/mol. The minimum absolute atomic E-state index is 0.242. The fourth-order valence-electron chi connectivity index (χ4n) is 7.79. The summed E-state index contributed by atoms with van der Waals surface area (Å²) in [5.74, 6) is 0. The van der Waals surface area contributed by atoms with E-state index in [0.29, 0.717) is 11.1 Å². The predicted octanol–water partition coefficient (Wildman–Crippen LogP) is 7.97. The van der Waals surface area contributed by atoms with Gasteiger partial charge in [0.25, 0.3) is 0 Å². The molecule has 0 fully saturated rings. The lowest BCUT2D eigenvalue weighted by Gasteiger charge is -2.28. The molecule has 44 heavy (non-hydrogen) atoms. The Balaban J connectivity index is 1.44. The highest BCUT2D eigenvalue weighted by molar-refractivity contribution is 7.26. The topological polar surface area (TPSA) is 57.4 Å². The molecule has 0 saturated carbocycles. The first-order chi connectivity index (χ1) is 21.8. The number of thiophene rings is 1. The van der Waals surface area contributed by atoms with Crippen LogP contribution in [0.4, 0.5) is 0 Å². The van der Waals surface area contributed by atoms with Crippen LogP contribution in [0.3, 0.4) is 0 Å². The van der Waals surface area contributed by atoms with Gasteiger partial charge >= 0.3 is 6.85 Å². The Morgan fingerprint density at radius 1 is 0.545 bits per heavy atom. The molecule has 0 unspecified atom stereocenters. The molecule has 0 amide bonds. The molecule has 0 atom stereocenters. The van der Waals surface area contributed by atoms with E-state index >= 15 is 0 Å². The van der Waals surface area contributed by atoms with Gasteiger partial charge in [-0.1, -0.05) is 84.9 Å². The van der Waals surface area contributed by atoms with E-state index in [1.54, 1.807) is 0 Å². The van der Waals surface area contributed by atoms with Gasteiger partial charge in [-0.3, -0.25) is 0 Å². The van der Waals surface area contributed by atoms with Crippen LogP contribution in [-0.4, -0.2) is 15.9 Å². The standard InChI is InChI=1S/C38H19BN4S/c40-20-22-8-5-11-25-26-12-6-9-23(21-41)36(26)43(35(22)25)39-29-14-2-3-16-31(29)42-32-19-18-27-24-10-1-4-17-33(24)44-38(27)34(32)28-13-7-15-30(39)37(28)42/h1-19H. The van der Waals surface area contributed by atoms with Crippen LogP contribution in [0.2, 0.25) is 0 Å². The Bertz CT molecular complexity index is 2750. The highest BCUT2D eigenvalue weighted by atomic mass is 32.1. The van der Waals surface area contributed by atoms with Gasteiger partial charge in [0.2, 0.25) is 0 Å². The van der Waals surface area contributed by atoms with Gasteiger partial charge in [-0.2, -0.15) is 10.5 Å². The van der Waals surface area contributed by atoms with E-state index in [0.717, 1.165) is 38.4 Å². The molecule has 0 aliphatic carbocycles. The number of benzene rings is 6. The summed E-state index contributed by atoms with van der Waals surface area (Å²) in [6, 6.07) is 45.2. The summed E-state index contributed by atoms with van der Waals surface area (Å²) in [7, 11) is 0. The molecule has 0 radical (unpaired) electrons. The molecule has 9 aromatic rings. The number of nitriles is 2. The number of nitrogens with zero attached hydrogens (tertiary/aromatic N) is 4. The molecule has 1 aliphatic rings. The predicted molar refractivity (Wildman–Crippen MR) is 183 cm³/mol. The second-order valence-corrected chi connectivity index (χ2v) is 12.5. The lowest BCUT2D eigenvalue weighted by Crippen LogP contribution is -2.53. The minimum Gasteiger partial charge on any atom is -0.374 e. The van der Waals surface area contributed by atoms with Crippen molar-refractivity contribution in [3.63, 3.8) is 0 Å². The molecule has 0 saturated heterocycles. The van der Waals surface area contributed by atoms with Gasteiger partial charge in [-0.05, 0) is 41.3 Å². The van der Waals surface area contributed by atoms with Gasteiger partial charge in [-0.25, -0.2) is 0 Å². The van der Waals surface area contributed by atoms with Crippen molar-refractivity contribution in [2.24, 2.45) is 0 Å². The summed E-state index contributed by atoms with van der Waals surface area (Å²) in [6.45, 7) is -0.242. The van der Waals surface area contributed by atoms with E-state index in [4.69, 9.17) is 0 Å². The SMILES string of the molecule is N#Cc1cccc2c3cccc(C#N)c3n(B3c4ccccc4-n4c5ccc6c7ccccc7sc6c5c5cccc3c54)c12.